The van der Waals surface area contributed by atoms with Gasteiger partial charge in [-0.15, -0.1) is 0 Å². The number of hydrogen-bond acceptors (Lipinski definition) is 3. The molecule has 1 aliphatic rings. The molecule has 1 aliphatic heterocycles. The number of carbonyl (C=O) groups excluding carboxylic acids is 1. The second-order valence-electron chi connectivity index (χ2n) is 6.99. The number of amides is 1. The molecule has 1 atom stereocenters. The highest BCUT2D eigenvalue weighted by Gasteiger charge is 2.28. The summed E-state index contributed by atoms with van der Waals surface area (Å²) >= 11 is 0. The molecule has 0 aromatic heterocycles. The van der Waals surface area contributed by atoms with Crippen LogP contribution in [0.4, 0.5) is 4.79 Å². The molecule has 2 rings (SSSR count). The van der Waals surface area contributed by atoms with Crippen LogP contribution in [0.5, 0.6) is 5.75 Å². The van der Waals surface area contributed by atoms with Crippen molar-refractivity contribution in [1.29, 1.82) is 0 Å². The fourth-order valence-corrected chi connectivity index (χ4v) is 2.83. The summed E-state index contributed by atoms with van der Waals surface area (Å²) in [5.74, 6) is 1.25. The summed E-state index contributed by atoms with van der Waals surface area (Å²) in [4.78, 5) is 14.1. The van der Waals surface area contributed by atoms with E-state index in [1.807, 2.05) is 32.6 Å². The van der Waals surface area contributed by atoms with Crippen molar-refractivity contribution in [3.63, 3.8) is 0 Å². The van der Waals surface area contributed by atoms with Gasteiger partial charge in [-0.2, -0.15) is 0 Å². The van der Waals surface area contributed by atoms with Crippen LogP contribution in [-0.2, 0) is 4.74 Å². The van der Waals surface area contributed by atoms with Crippen LogP contribution in [0.3, 0.4) is 0 Å². The number of hydrogen-bond donors (Lipinski definition) is 0. The molecular weight excluding hydrogens is 278 g/mol. The van der Waals surface area contributed by atoms with E-state index in [9.17, 15) is 4.79 Å². The summed E-state index contributed by atoms with van der Waals surface area (Å²) in [7, 11) is 1.69. The van der Waals surface area contributed by atoms with E-state index >= 15 is 0 Å². The maximum absolute atomic E-state index is 12.2. The molecular formula is C18H27NO3. The lowest BCUT2D eigenvalue weighted by Crippen LogP contribution is -2.42. The summed E-state index contributed by atoms with van der Waals surface area (Å²) in [5.41, 5.74) is 1.92. The number of benzene rings is 1. The van der Waals surface area contributed by atoms with Gasteiger partial charge in [-0.3, -0.25) is 0 Å². The quantitative estimate of drug-likeness (QED) is 0.825. The average Bonchev–Trinajstić information content (AvgIpc) is 2.46. The fraction of sp³-hybridized carbons (Fsp3) is 0.611. The third-order valence-corrected chi connectivity index (χ3v) is 3.98. The highest BCUT2D eigenvalue weighted by molar-refractivity contribution is 5.68. The minimum atomic E-state index is -0.447. The van der Waals surface area contributed by atoms with Crippen molar-refractivity contribution in [1.82, 2.24) is 4.90 Å². The summed E-state index contributed by atoms with van der Waals surface area (Å²) in [5, 5.41) is 0. The lowest BCUT2D eigenvalue weighted by Gasteiger charge is -2.34. The van der Waals surface area contributed by atoms with Crippen LogP contribution in [0.15, 0.2) is 18.2 Å². The first kappa shape index (κ1) is 16.7. The zero-order valence-electron chi connectivity index (χ0n) is 14.3. The molecule has 1 heterocycles. The first-order valence-electron chi connectivity index (χ1n) is 7.92. The molecule has 1 aromatic rings. The van der Waals surface area contributed by atoms with Gasteiger partial charge in [0.1, 0.15) is 11.4 Å². The molecule has 1 unspecified atom stereocenters. The lowest BCUT2D eigenvalue weighted by molar-refractivity contribution is 0.0198. The Morgan fingerprint density at radius 2 is 2.05 bits per heavy atom. The van der Waals surface area contributed by atoms with Gasteiger partial charge in [0.2, 0.25) is 0 Å². The Kier molecular flexibility index (Phi) is 4.99. The van der Waals surface area contributed by atoms with Crippen molar-refractivity contribution in [2.24, 2.45) is 0 Å². The van der Waals surface area contributed by atoms with E-state index in [1.165, 1.54) is 5.56 Å². The number of piperidine rings is 1. The van der Waals surface area contributed by atoms with Gasteiger partial charge in [-0.25, -0.2) is 4.79 Å². The van der Waals surface area contributed by atoms with Gasteiger partial charge in [-0.05, 0) is 57.7 Å². The van der Waals surface area contributed by atoms with E-state index in [0.29, 0.717) is 12.5 Å². The Bertz CT molecular complexity index is 534. The summed E-state index contributed by atoms with van der Waals surface area (Å²) in [6.07, 6.45) is 1.88. The average molecular weight is 305 g/mol. The van der Waals surface area contributed by atoms with Gasteiger partial charge in [-0.1, -0.05) is 12.1 Å². The Morgan fingerprint density at radius 3 is 2.68 bits per heavy atom. The fourth-order valence-electron chi connectivity index (χ4n) is 2.83. The summed E-state index contributed by atoms with van der Waals surface area (Å²) in [6.45, 7) is 9.22. The van der Waals surface area contributed by atoms with Crippen molar-refractivity contribution in [2.45, 2.75) is 52.1 Å². The Labute approximate surface area is 133 Å². The number of aryl methyl sites for hydroxylation is 1. The van der Waals surface area contributed by atoms with Gasteiger partial charge in [0.05, 0.1) is 7.11 Å². The molecule has 0 saturated carbocycles. The molecule has 0 radical (unpaired) electrons. The van der Waals surface area contributed by atoms with Crippen LogP contribution < -0.4 is 4.74 Å². The normalized spacial score (nSPS) is 19.0. The number of carbonyl (C=O) groups is 1. The lowest BCUT2D eigenvalue weighted by atomic mass is 9.90. The second kappa shape index (κ2) is 6.59. The van der Waals surface area contributed by atoms with Crippen LogP contribution in [0.1, 0.15) is 50.7 Å². The highest BCUT2D eigenvalue weighted by Crippen LogP contribution is 2.31. The van der Waals surface area contributed by atoms with Gasteiger partial charge < -0.3 is 14.4 Å². The molecule has 0 spiro atoms. The molecule has 22 heavy (non-hydrogen) atoms. The van der Waals surface area contributed by atoms with Gasteiger partial charge in [0.25, 0.3) is 0 Å². The largest absolute Gasteiger partial charge is 0.496 e. The Morgan fingerprint density at radius 1 is 1.32 bits per heavy atom. The van der Waals surface area contributed by atoms with Crippen molar-refractivity contribution >= 4 is 6.09 Å². The summed E-state index contributed by atoms with van der Waals surface area (Å²) in [6, 6.07) is 6.32. The number of likely N-dealkylation sites (tertiary alicyclic amines) is 1. The Hall–Kier alpha value is -1.71. The monoisotopic (exact) mass is 305 g/mol. The zero-order chi connectivity index (χ0) is 16.3. The standard InChI is InChI=1S/C18H27NO3/c1-13-8-9-14(11-16(13)21-5)15-7-6-10-19(12-15)17(20)22-18(2,3)4/h8-9,11,15H,6-7,10,12H2,1-5H3. The third kappa shape index (κ3) is 4.15. The van der Waals surface area contributed by atoms with Crippen molar-refractivity contribution in [3.8, 4) is 5.75 Å². The van der Waals surface area contributed by atoms with Gasteiger partial charge in [0.15, 0.2) is 0 Å². The molecule has 1 aromatic carbocycles. The molecule has 0 aliphatic carbocycles. The number of ether oxygens (including phenoxy) is 2. The van der Waals surface area contributed by atoms with Crippen molar-refractivity contribution < 1.29 is 14.3 Å². The maximum atomic E-state index is 12.2. The minimum Gasteiger partial charge on any atom is -0.496 e. The first-order chi connectivity index (χ1) is 10.3. The van der Waals surface area contributed by atoms with E-state index < -0.39 is 5.60 Å². The number of methoxy groups -OCH3 is 1. The van der Waals surface area contributed by atoms with E-state index in [-0.39, 0.29) is 6.09 Å². The molecule has 1 fully saturated rings. The predicted octanol–water partition coefficient (Wildman–Crippen LogP) is 4.12. The SMILES string of the molecule is COc1cc(C2CCCN(C(=O)OC(C)(C)C)C2)ccc1C. The molecule has 1 amide bonds. The van der Waals surface area contributed by atoms with Crippen LogP contribution in [0, 0.1) is 6.92 Å². The van der Waals surface area contributed by atoms with Crippen LogP contribution >= 0.6 is 0 Å². The van der Waals surface area contributed by atoms with E-state index in [1.54, 1.807) is 7.11 Å². The van der Waals surface area contributed by atoms with Crippen molar-refractivity contribution in [2.75, 3.05) is 20.2 Å². The third-order valence-electron chi connectivity index (χ3n) is 3.98. The molecule has 122 valence electrons. The molecule has 0 N–H and O–H groups in total. The van der Waals surface area contributed by atoms with Crippen LogP contribution in [-0.4, -0.2) is 36.8 Å². The van der Waals surface area contributed by atoms with E-state index in [4.69, 9.17) is 9.47 Å². The molecule has 4 nitrogen and oxygen atoms in total. The minimum absolute atomic E-state index is 0.212. The van der Waals surface area contributed by atoms with E-state index in [2.05, 4.69) is 18.2 Å². The number of nitrogens with zero attached hydrogens (tertiary/aromatic N) is 1. The molecule has 0 bridgehead atoms. The topological polar surface area (TPSA) is 38.8 Å². The van der Waals surface area contributed by atoms with Crippen LogP contribution in [0.25, 0.3) is 0 Å². The molecule has 1 saturated heterocycles. The maximum Gasteiger partial charge on any atom is 0.410 e. The number of rotatable bonds is 2. The van der Waals surface area contributed by atoms with Crippen LogP contribution in [0.2, 0.25) is 0 Å². The Balaban J connectivity index is 2.09. The van der Waals surface area contributed by atoms with Crippen molar-refractivity contribution in [3.05, 3.63) is 29.3 Å². The molecule has 4 heteroatoms. The second-order valence-corrected chi connectivity index (χ2v) is 6.99. The zero-order valence-corrected chi connectivity index (χ0v) is 14.3. The van der Waals surface area contributed by atoms with Gasteiger partial charge >= 0.3 is 6.09 Å². The first-order valence-corrected chi connectivity index (χ1v) is 7.92. The van der Waals surface area contributed by atoms with E-state index in [0.717, 1.165) is 30.7 Å². The van der Waals surface area contributed by atoms with Gasteiger partial charge in [0, 0.05) is 19.0 Å². The summed E-state index contributed by atoms with van der Waals surface area (Å²) < 4.78 is 10.9. The smallest absolute Gasteiger partial charge is 0.410 e. The highest BCUT2D eigenvalue weighted by atomic mass is 16.6. The predicted molar refractivity (Wildman–Crippen MR) is 87.5 cm³/mol.